The number of rotatable bonds is 8. The predicted octanol–water partition coefficient (Wildman–Crippen LogP) is 2.48. The zero-order chi connectivity index (χ0) is 13.9. The van der Waals surface area contributed by atoms with Gasteiger partial charge in [-0.25, -0.2) is 0 Å². The second kappa shape index (κ2) is 6.37. The molecule has 1 heterocycles. The van der Waals surface area contributed by atoms with Crippen molar-refractivity contribution in [3.05, 3.63) is 15.9 Å². The molecule has 0 atom stereocenters. The molecule has 1 aliphatic carbocycles. The Morgan fingerprint density at radius 1 is 1.42 bits per heavy atom. The van der Waals surface area contributed by atoms with Gasteiger partial charge in [0.1, 0.15) is 0 Å². The van der Waals surface area contributed by atoms with E-state index in [0.717, 1.165) is 42.6 Å². The first-order chi connectivity index (χ1) is 9.15. The summed E-state index contributed by atoms with van der Waals surface area (Å²) >= 11 is 3.67. The maximum Gasteiger partial charge on any atom is 0.0767 e. The lowest BCUT2D eigenvalue weighted by molar-refractivity contribution is 0.245. The van der Waals surface area contributed by atoms with Crippen molar-refractivity contribution in [2.75, 3.05) is 13.2 Å². The summed E-state index contributed by atoms with van der Waals surface area (Å²) in [6.45, 7) is 7.29. The highest BCUT2D eigenvalue weighted by Crippen LogP contribution is 2.47. The van der Waals surface area contributed by atoms with E-state index >= 15 is 0 Å². The lowest BCUT2D eigenvalue weighted by atomic mass is 10.0. The summed E-state index contributed by atoms with van der Waals surface area (Å²) in [6.07, 6.45) is 4.37. The molecule has 1 saturated carbocycles. The van der Waals surface area contributed by atoms with Crippen LogP contribution in [-0.2, 0) is 19.5 Å². The Morgan fingerprint density at radius 2 is 2.16 bits per heavy atom. The van der Waals surface area contributed by atoms with E-state index in [1.54, 1.807) is 0 Å². The average molecular weight is 330 g/mol. The minimum atomic E-state index is 0.304. The van der Waals surface area contributed by atoms with E-state index in [0.29, 0.717) is 12.0 Å². The van der Waals surface area contributed by atoms with Gasteiger partial charge in [0.05, 0.1) is 15.9 Å². The van der Waals surface area contributed by atoms with Gasteiger partial charge in [0.25, 0.3) is 0 Å². The van der Waals surface area contributed by atoms with Gasteiger partial charge in [0, 0.05) is 26.2 Å². The molecule has 1 aliphatic rings. The zero-order valence-electron chi connectivity index (χ0n) is 11.9. The Balaban J connectivity index is 1.94. The maximum absolute atomic E-state index is 9.07. The summed E-state index contributed by atoms with van der Waals surface area (Å²) in [5.74, 6) is 0. The van der Waals surface area contributed by atoms with Crippen LogP contribution < -0.4 is 5.32 Å². The van der Waals surface area contributed by atoms with Crippen LogP contribution >= 0.6 is 15.9 Å². The number of aliphatic hydroxyl groups excluding tert-OH is 1. The van der Waals surface area contributed by atoms with Crippen LogP contribution in [0.25, 0.3) is 0 Å². The van der Waals surface area contributed by atoms with Crippen LogP contribution in [0.4, 0.5) is 0 Å². The standard InChI is InChI=1S/C14H24BrN3O/c1-3-11-13(15)12(18(4-2)17-11)9-16-10-14(5-6-14)7-8-19/h16,19H,3-10H2,1-2H3. The third-order valence-electron chi connectivity index (χ3n) is 4.09. The Bertz CT molecular complexity index is 427. The summed E-state index contributed by atoms with van der Waals surface area (Å²) in [5.41, 5.74) is 2.74. The number of halogens is 1. The van der Waals surface area contributed by atoms with Crippen molar-refractivity contribution in [3.63, 3.8) is 0 Å². The molecule has 2 N–H and O–H groups in total. The summed E-state index contributed by atoms with van der Waals surface area (Å²) in [5, 5.41) is 17.2. The van der Waals surface area contributed by atoms with E-state index in [1.165, 1.54) is 18.5 Å². The van der Waals surface area contributed by atoms with Gasteiger partial charge >= 0.3 is 0 Å². The molecule has 0 bridgehead atoms. The molecule has 0 unspecified atom stereocenters. The van der Waals surface area contributed by atoms with E-state index in [4.69, 9.17) is 5.11 Å². The average Bonchev–Trinajstić information content (AvgIpc) is 3.10. The molecule has 0 amide bonds. The molecular formula is C14H24BrN3O. The van der Waals surface area contributed by atoms with Crippen molar-refractivity contribution in [1.82, 2.24) is 15.1 Å². The second-order valence-electron chi connectivity index (χ2n) is 5.45. The molecule has 4 nitrogen and oxygen atoms in total. The molecule has 108 valence electrons. The maximum atomic E-state index is 9.07. The van der Waals surface area contributed by atoms with Crippen LogP contribution in [-0.4, -0.2) is 28.0 Å². The Hall–Kier alpha value is -0.390. The molecule has 0 aromatic carbocycles. The highest BCUT2D eigenvalue weighted by atomic mass is 79.9. The van der Waals surface area contributed by atoms with Crippen LogP contribution in [0, 0.1) is 5.41 Å². The fourth-order valence-electron chi connectivity index (χ4n) is 2.56. The molecule has 1 aromatic rings. The molecule has 0 spiro atoms. The third kappa shape index (κ3) is 3.38. The SMILES string of the molecule is CCc1nn(CC)c(CNCC2(CCO)CC2)c1Br. The van der Waals surface area contributed by atoms with Crippen LogP contribution in [0.2, 0.25) is 0 Å². The summed E-state index contributed by atoms with van der Waals surface area (Å²) in [6, 6.07) is 0. The van der Waals surface area contributed by atoms with Crippen molar-refractivity contribution >= 4 is 15.9 Å². The first-order valence-corrected chi connectivity index (χ1v) is 8.00. The van der Waals surface area contributed by atoms with Gasteiger partial charge < -0.3 is 10.4 Å². The lowest BCUT2D eigenvalue weighted by Gasteiger charge is -2.15. The van der Waals surface area contributed by atoms with Crippen molar-refractivity contribution in [1.29, 1.82) is 0 Å². The van der Waals surface area contributed by atoms with E-state index in [1.807, 2.05) is 0 Å². The van der Waals surface area contributed by atoms with E-state index in [9.17, 15) is 0 Å². The zero-order valence-corrected chi connectivity index (χ0v) is 13.5. The smallest absolute Gasteiger partial charge is 0.0767 e. The van der Waals surface area contributed by atoms with Gasteiger partial charge in [-0.1, -0.05) is 6.92 Å². The molecule has 1 fully saturated rings. The largest absolute Gasteiger partial charge is 0.396 e. The molecule has 1 aromatic heterocycles. The number of nitrogens with zero attached hydrogens (tertiary/aromatic N) is 2. The van der Waals surface area contributed by atoms with Crippen LogP contribution in [0.5, 0.6) is 0 Å². The quantitative estimate of drug-likeness (QED) is 0.770. The van der Waals surface area contributed by atoms with E-state index in [2.05, 4.69) is 44.9 Å². The summed E-state index contributed by atoms with van der Waals surface area (Å²) < 4.78 is 3.22. The normalized spacial score (nSPS) is 16.8. The summed E-state index contributed by atoms with van der Waals surface area (Å²) in [7, 11) is 0. The Labute approximate surface area is 123 Å². The first-order valence-electron chi connectivity index (χ1n) is 7.21. The van der Waals surface area contributed by atoms with Gasteiger partial charge in [-0.05, 0) is 54.0 Å². The number of nitrogens with one attached hydrogen (secondary N) is 1. The van der Waals surface area contributed by atoms with Crippen LogP contribution in [0.3, 0.4) is 0 Å². The number of hydrogen-bond donors (Lipinski definition) is 2. The number of aromatic nitrogens is 2. The highest BCUT2D eigenvalue weighted by molar-refractivity contribution is 9.10. The van der Waals surface area contributed by atoms with Crippen molar-refractivity contribution in [2.24, 2.45) is 5.41 Å². The van der Waals surface area contributed by atoms with E-state index in [-0.39, 0.29) is 0 Å². The topological polar surface area (TPSA) is 50.1 Å². The van der Waals surface area contributed by atoms with Gasteiger partial charge in [-0.15, -0.1) is 0 Å². The molecule has 2 rings (SSSR count). The monoisotopic (exact) mass is 329 g/mol. The molecule has 0 aliphatic heterocycles. The van der Waals surface area contributed by atoms with Crippen molar-refractivity contribution < 1.29 is 5.11 Å². The lowest BCUT2D eigenvalue weighted by Crippen LogP contribution is -2.25. The van der Waals surface area contributed by atoms with Gasteiger partial charge in [-0.3, -0.25) is 4.68 Å². The number of aliphatic hydroxyl groups is 1. The van der Waals surface area contributed by atoms with Crippen molar-refractivity contribution in [2.45, 2.75) is 52.6 Å². The molecule has 0 radical (unpaired) electrons. The summed E-state index contributed by atoms with van der Waals surface area (Å²) in [4.78, 5) is 0. The van der Waals surface area contributed by atoms with Crippen LogP contribution in [0.1, 0.15) is 44.5 Å². The van der Waals surface area contributed by atoms with Gasteiger partial charge in [0.15, 0.2) is 0 Å². The highest BCUT2D eigenvalue weighted by Gasteiger charge is 2.41. The molecular weight excluding hydrogens is 306 g/mol. The predicted molar refractivity (Wildman–Crippen MR) is 80.1 cm³/mol. The van der Waals surface area contributed by atoms with Crippen molar-refractivity contribution in [3.8, 4) is 0 Å². The Kier molecular flexibility index (Phi) is 5.03. The van der Waals surface area contributed by atoms with Gasteiger partial charge in [0.2, 0.25) is 0 Å². The second-order valence-corrected chi connectivity index (χ2v) is 6.25. The fourth-order valence-corrected chi connectivity index (χ4v) is 3.27. The first kappa shape index (κ1) is 15.0. The number of aryl methyl sites for hydroxylation is 2. The minimum Gasteiger partial charge on any atom is -0.396 e. The van der Waals surface area contributed by atoms with Crippen LogP contribution in [0.15, 0.2) is 4.47 Å². The molecule has 5 heteroatoms. The minimum absolute atomic E-state index is 0.304. The molecule has 0 saturated heterocycles. The number of hydrogen-bond acceptors (Lipinski definition) is 3. The Morgan fingerprint density at radius 3 is 2.68 bits per heavy atom. The van der Waals surface area contributed by atoms with Gasteiger partial charge in [-0.2, -0.15) is 5.10 Å². The fraction of sp³-hybridized carbons (Fsp3) is 0.786. The molecule has 19 heavy (non-hydrogen) atoms. The van der Waals surface area contributed by atoms with E-state index < -0.39 is 0 Å². The third-order valence-corrected chi connectivity index (χ3v) is 5.00.